The molecule has 0 aliphatic carbocycles. The quantitative estimate of drug-likeness (QED) is 0.301. The molecule has 0 fully saturated rings. The number of benzene rings is 2. The molecule has 0 unspecified atom stereocenters. The molecule has 2 aromatic carbocycles. The summed E-state index contributed by atoms with van der Waals surface area (Å²) in [6.07, 6.45) is 0. The van der Waals surface area contributed by atoms with Crippen molar-refractivity contribution in [3.8, 4) is 11.7 Å². The number of halogens is 1. The molecule has 0 saturated heterocycles. The molecule has 0 aliphatic rings. The van der Waals surface area contributed by atoms with E-state index in [4.69, 9.17) is 19.1 Å². The van der Waals surface area contributed by atoms with Gasteiger partial charge >= 0.3 is 11.7 Å². The molecule has 32 heavy (non-hydrogen) atoms. The summed E-state index contributed by atoms with van der Waals surface area (Å²) in [5.74, 6) is -0.373. The molecule has 0 spiro atoms. The first kappa shape index (κ1) is 22.5. The van der Waals surface area contributed by atoms with Crippen molar-refractivity contribution < 1.29 is 23.5 Å². The van der Waals surface area contributed by atoms with Crippen LogP contribution in [0.25, 0.3) is 5.69 Å². The van der Waals surface area contributed by atoms with Crippen LogP contribution in [0.1, 0.15) is 11.1 Å². The van der Waals surface area contributed by atoms with E-state index in [9.17, 15) is 9.18 Å². The molecule has 10 nitrogen and oxygen atoms in total. The number of hydrogen-bond donors (Lipinski definition) is 0. The molecule has 0 atom stereocenters. The predicted octanol–water partition coefficient (Wildman–Crippen LogP) is 2.25. The second-order valence-corrected chi connectivity index (χ2v) is 6.36. The van der Waals surface area contributed by atoms with Gasteiger partial charge in [0.2, 0.25) is 0 Å². The van der Waals surface area contributed by atoms with Crippen LogP contribution in [0.3, 0.4) is 0 Å². The summed E-state index contributed by atoms with van der Waals surface area (Å²) >= 11 is 0. The van der Waals surface area contributed by atoms with Crippen molar-refractivity contribution in [2.75, 3.05) is 21.3 Å². The SMILES string of the molecule is CON=C(C(=NOCc1ccccc1-n1c(OC)nn(C)c1=O)OC)c1ccc(F)cc1. The van der Waals surface area contributed by atoms with Gasteiger partial charge in [-0.2, -0.15) is 0 Å². The van der Waals surface area contributed by atoms with Crippen LogP contribution in [-0.4, -0.2) is 47.3 Å². The third-order valence-electron chi connectivity index (χ3n) is 4.37. The summed E-state index contributed by atoms with van der Waals surface area (Å²) in [7, 11) is 5.72. The van der Waals surface area contributed by atoms with E-state index in [1.54, 1.807) is 24.3 Å². The lowest BCUT2D eigenvalue weighted by molar-refractivity contribution is 0.123. The fraction of sp³-hybridized carbons (Fsp3) is 0.238. The molecule has 168 valence electrons. The Labute approximate surface area is 183 Å². The maximum absolute atomic E-state index is 13.3. The number of rotatable bonds is 8. The van der Waals surface area contributed by atoms with Gasteiger partial charge in [0.25, 0.3) is 5.90 Å². The van der Waals surface area contributed by atoms with Crippen LogP contribution in [0.5, 0.6) is 6.01 Å². The second kappa shape index (κ2) is 10.2. The summed E-state index contributed by atoms with van der Waals surface area (Å²) in [4.78, 5) is 22.9. The second-order valence-electron chi connectivity index (χ2n) is 6.36. The van der Waals surface area contributed by atoms with Crippen molar-refractivity contribution in [2.45, 2.75) is 6.61 Å². The monoisotopic (exact) mass is 443 g/mol. The van der Waals surface area contributed by atoms with Crippen LogP contribution in [0.4, 0.5) is 4.39 Å². The zero-order valence-electron chi connectivity index (χ0n) is 18.0. The summed E-state index contributed by atoms with van der Waals surface area (Å²) in [5.41, 5.74) is 1.53. The van der Waals surface area contributed by atoms with E-state index < -0.39 is 5.82 Å². The van der Waals surface area contributed by atoms with Gasteiger partial charge in [0.15, 0.2) is 5.71 Å². The van der Waals surface area contributed by atoms with Crippen molar-refractivity contribution >= 4 is 11.6 Å². The highest BCUT2D eigenvalue weighted by atomic mass is 19.1. The Morgan fingerprint density at radius 2 is 1.78 bits per heavy atom. The minimum Gasteiger partial charge on any atom is -0.477 e. The van der Waals surface area contributed by atoms with Gasteiger partial charge < -0.3 is 19.1 Å². The molecule has 11 heteroatoms. The third kappa shape index (κ3) is 4.77. The van der Waals surface area contributed by atoms with Gasteiger partial charge in [0, 0.05) is 18.2 Å². The van der Waals surface area contributed by atoms with Gasteiger partial charge in [-0.15, -0.1) is 5.10 Å². The van der Waals surface area contributed by atoms with Crippen molar-refractivity contribution in [3.63, 3.8) is 0 Å². The minimum absolute atomic E-state index is 0.00278. The molecule has 1 aromatic heterocycles. The van der Waals surface area contributed by atoms with Crippen molar-refractivity contribution in [1.82, 2.24) is 14.3 Å². The van der Waals surface area contributed by atoms with Gasteiger partial charge in [-0.05, 0) is 35.5 Å². The molecule has 1 heterocycles. The maximum atomic E-state index is 13.3. The van der Waals surface area contributed by atoms with Crippen LogP contribution in [0.15, 0.2) is 63.6 Å². The Balaban J connectivity index is 1.89. The number of para-hydroxylation sites is 1. The number of aryl methyl sites for hydroxylation is 1. The van der Waals surface area contributed by atoms with Crippen LogP contribution in [-0.2, 0) is 28.1 Å². The Hall–Kier alpha value is -4.15. The Bertz CT molecular complexity index is 1180. The smallest absolute Gasteiger partial charge is 0.353 e. The molecule has 0 aliphatic heterocycles. The van der Waals surface area contributed by atoms with Crippen LogP contribution in [0.2, 0.25) is 0 Å². The summed E-state index contributed by atoms with van der Waals surface area (Å²) < 4.78 is 26.3. The normalized spacial score (nSPS) is 11.9. The first-order valence-electron chi connectivity index (χ1n) is 9.39. The first-order chi connectivity index (χ1) is 15.5. The number of hydrogen-bond acceptors (Lipinski definition) is 8. The largest absolute Gasteiger partial charge is 0.477 e. The molecular formula is C21H22FN5O5. The van der Waals surface area contributed by atoms with Gasteiger partial charge in [0.1, 0.15) is 19.5 Å². The summed E-state index contributed by atoms with van der Waals surface area (Å²) in [6.45, 7) is -0.00278. The van der Waals surface area contributed by atoms with Gasteiger partial charge in [-0.3, -0.25) is 0 Å². The average Bonchev–Trinajstić information content (AvgIpc) is 3.10. The van der Waals surface area contributed by atoms with E-state index in [-0.39, 0.29) is 29.9 Å². The summed E-state index contributed by atoms with van der Waals surface area (Å²) in [6, 6.07) is 12.8. The molecule has 3 rings (SSSR count). The highest BCUT2D eigenvalue weighted by Gasteiger charge is 2.18. The number of methoxy groups -OCH3 is 2. The number of nitrogens with zero attached hydrogens (tertiary/aromatic N) is 5. The lowest BCUT2D eigenvalue weighted by Gasteiger charge is -2.11. The minimum atomic E-state index is -0.393. The van der Waals surface area contributed by atoms with Crippen molar-refractivity contribution in [1.29, 1.82) is 0 Å². The molecule has 0 radical (unpaired) electrons. The van der Waals surface area contributed by atoms with Crippen LogP contribution in [0, 0.1) is 5.82 Å². The molecule has 3 aromatic rings. The summed E-state index contributed by atoms with van der Waals surface area (Å²) in [5, 5.41) is 12.0. The third-order valence-corrected chi connectivity index (χ3v) is 4.37. The number of ether oxygens (including phenoxy) is 2. The van der Waals surface area contributed by atoms with Crippen LogP contribution >= 0.6 is 0 Å². The average molecular weight is 443 g/mol. The highest BCUT2D eigenvalue weighted by Crippen LogP contribution is 2.19. The highest BCUT2D eigenvalue weighted by molar-refractivity contribution is 6.45. The zero-order valence-corrected chi connectivity index (χ0v) is 18.0. The fourth-order valence-corrected chi connectivity index (χ4v) is 2.88. The predicted molar refractivity (Wildman–Crippen MR) is 115 cm³/mol. The van der Waals surface area contributed by atoms with Crippen molar-refractivity contribution in [3.05, 3.63) is 76.0 Å². The Morgan fingerprint density at radius 3 is 2.44 bits per heavy atom. The molecular weight excluding hydrogens is 421 g/mol. The van der Waals surface area contributed by atoms with Crippen molar-refractivity contribution in [2.24, 2.45) is 17.4 Å². The molecule has 0 bridgehead atoms. The lowest BCUT2D eigenvalue weighted by Crippen LogP contribution is -2.22. The van der Waals surface area contributed by atoms with E-state index in [0.717, 1.165) is 0 Å². The standard InChI is InChI=1S/C21H22FN5O5/c1-26-21(28)27(20(23-26)30-3)17-8-6-5-7-15(17)13-32-25-19(29-2)18(24-31-4)14-9-11-16(22)12-10-14/h5-12H,13H2,1-4H3. The van der Waals surface area contributed by atoms with E-state index in [2.05, 4.69) is 15.4 Å². The number of aromatic nitrogens is 3. The Morgan fingerprint density at radius 1 is 1.06 bits per heavy atom. The Kier molecular flexibility index (Phi) is 7.21. The van der Waals surface area contributed by atoms with E-state index in [1.807, 2.05) is 0 Å². The molecule has 0 amide bonds. The fourth-order valence-electron chi connectivity index (χ4n) is 2.88. The van der Waals surface area contributed by atoms with Gasteiger partial charge in [-0.25, -0.2) is 18.4 Å². The first-order valence-corrected chi connectivity index (χ1v) is 9.39. The van der Waals surface area contributed by atoms with Crippen LogP contribution < -0.4 is 10.4 Å². The van der Waals surface area contributed by atoms with Gasteiger partial charge in [-0.1, -0.05) is 23.4 Å². The van der Waals surface area contributed by atoms with E-state index in [0.29, 0.717) is 16.8 Å². The van der Waals surface area contributed by atoms with E-state index >= 15 is 0 Å². The lowest BCUT2D eigenvalue weighted by atomic mass is 10.1. The zero-order chi connectivity index (χ0) is 23.1. The maximum Gasteiger partial charge on any atom is 0.353 e. The topological polar surface area (TPSA) is 101 Å². The molecule has 0 N–H and O–H groups in total. The number of oxime groups is 2. The molecule has 0 saturated carbocycles. The van der Waals surface area contributed by atoms with E-state index in [1.165, 1.54) is 61.9 Å². The van der Waals surface area contributed by atoms with Gasteiger partial charge in [0.05, 0.1) is 19.9 Å².